The normalized spacial score (nSPS) is 17.0. The smallest absolute Gasteiger partial charge is 0.260 e. The molecule has 0 N–H and O–H groups in total. The molecule has 1 spiro atoms. The van der Waals surface area contributed by atoms with Crippen molar-refractivity contribution in [3.05, 3.63) is 64.7 Å². The first-order chi connectivity index (χ1) is 16.5. The molecule has 2 aromatic carbocycles. The maximum absolute atomic E-state index is 12.5. The Morgan fingerprint density at radius 2 is 1.74 bits per heavy atom. The summed E-state index contributed by atoms with van der Waals surface area (Å²) in [6.07, 6.45) is 8.00. The first kappa shape index (κ1) is 24.3. The van der Waals surface area contributed by atoms with Crippen molar-refractivity contribution < 1.29 is 14.4 Å². The molecule has 0 radical (unpaired) electrons. The monoisotopic (exact) mass is 462 g/mol. The molecular weight excluding hydrogens is 424 g/mol. The SMILES string of the molecule is CCCCC(=NOCc1ccc(C)c(C)c1)c1ccc(OCC(=O)N2CCC3(CC2)CC3)cc1. The second-order valence-corrected chi connectivity index (χ2v) is 10.0. The summed E-state index contributed by atoms with van der Waals surface area (Å²) >= 11 is 0. The van der Waals surface area contributed by atoms with Crippen LogP contribution in [0.4, 0.5) is 0 Å². The van der Waals surface area contributed by atoms with Crippen LogP contribution in [-0.4, -0.2) is 36.2 Å². The number of rotatable bonds is 10. The lowest BCUT2D eigenvalue weighted by Crippen LogP contribution is -2.41. The summed E-state index contributed by atoms with van der Waals surface area (Å²) in [5, 5.41) is 4.48. The molecule has 0 unspecified atom stereocenters. The minimum Gasteiger partial charge on any atom is -0.484 e. The second kappa shape index (κ2) is 11.1. The number of carbonyl (C=O) groups is 1. The molecule has 1 aliphatic carbocycles. The Hall–Kier alpha value is -2.82. The number of hydrogen-bond acceptors (Lipinski definition) is 4. The molecule has 2 fully saturated rings. The van der Waals surface area contributed by atoms with Gasteiger partial charge < -0.3 is 14.5 Å². The highest BCUT2D eigenvalue weighted by Gasteiger charge is 2.45. The van der Waals surface area contributed by atoms with E-state index < -0.39 is 0 Å². The van der Waals surface area contributed by atoms with Crippen molar-refractivity contribution in [2.24, 2.45) is 10.6 Å². The fourth-order valence-corrected chi connectivity index (χ4v) is 4.55. The van der Waals surface area contributed by atoms with Gasteiger partial charge in [0.05, 0.1) is 5.71 Å². The van der Waals surface area contributed by atoms with Crippen LogP contribution in [0.15, 0.2) is 47.6 Å². The Morgan fingerprint density at radius 3 is 2.38 bits per heavy atom. The van der Waals surface area contributed by atoms with E-state index in [0.717, 1.165) is 62.0 Å². The molecule has 1 amide bonds. The van der Waals surface area contributed by atoms with Crippen LogP contribution in [0.2, 0.25) is 0 Å². The quantitative estimate of drug-likeness (QED) is 0.312. The van der Waals surface area contributed by atoms with Crippen LogP contribution < -0.4 is 4.74 Å². The molecule has 0 aromatic heterocycles. The van der Waals surface area contributed by atoms with E-state index in [4.69, 9.17) is 9.57 Å². The molecule has 1 heterocycles. The zero-order chi connectivity index (χ0) is 24.0. The van der Waals surface area contributed by atoms with Crippen molar-refractivity contribution >= 4 is 11.6 Å². The Balaban J connectivity index is 1.30. The lowest BCUT2D eigenvalue weighted by atomic mass is 9.94. The van der Waals surface area contributed by atoms with Gasteiger partial charge in [0.15, 0.2) is 6.61 Å². The van der Waals surface area contributed by atoms with E-state index in [2.05, 4.69) is 44.1 Å². The third-order valence-corrected chi connectivity index (χ3v) is 7.43. The van der Waals surface area contributed by atoms with Gasteiger partial charge in [-0.05, 0) is 104 Å². The van der Waals surface area contributed by atoms with E-state index in [-0.39, 0.29) is 12.5 Å². The highest BCUT2D eigenvalue weighted by Crippen LogP contribution is 2.53. The Kier molecular flexibility index (Phi) is 7.91. The molecule has 5 nitrogen and oxygen atoms in total. The molecule has 0 atom stereocenters. The van der Waals surface area contributed by atoms with Gasteiger partial charge in [-0.1, -0.05) is 36.7 Å². The van der Waals surface area contributed by atoms with E-state index in [1.807, 2.05) is 29.2 Å². The van der Waals surface area contributed by atoms with Gasteiger partial charge in [-0.3, -0.25) is 4.79 Å². The molecule has 5 heteroatoms. The average Bonchev–Trinajstić information content (AvgIpc) is 3.61. The molecule has 2 aliphatic rings. The minimum absolute atomic E-state index is 0.0875. The van der Waals surface area contributed by atoms with E-state index >= 15 is 0 Å². The van der Waals surface area contributed by atoms with Crippen LogP contribution in [0.1, 0.15) is 74.1 Å². The topological polar surface area (TPSA) is 51.1 Å². The number of hydrogen-bond donors (Lipinski definition) is 0. The van der Waals surface area contributed by atoms with E-state index in [0.29, 0.717) is 17.8 Å². The molecular formula is C29H38N2O3. The standard InChI is InChI=1S/C29H38N2O3/c1-4-5-6-27(30-34-20-24-8-7-22(2)23(3)19-24)25-9-11-26(12-10-25)33-21-28(32)31-17-15-29(13-14-29)16-18-31/h7-12,19H,4-6,13-18,20-21H2,1-3H3. The van der Waals surface area contributed by atoms with Gasteiger partial charge in [0.25, 0.3) is 5.91 Å². The molecule has 182 valence electrons. The predicted octanol–water partition coefficient (Wildman–Crippen LogP) is 6.20. The number of oxime groups is 1. The van der Waals surface area contributed by atoms with Crippen molar-refractivity contribution in [2.45, 2.75) is 72.3 Å². The first-order valence-corrected chi connectivity index (χ1v) is 12.7. The van der Waals surface area contributed by atoms with Crippen molar-refractivity contribution in [3.8, 4) is 5.75 Å². The number of benzene rings is 2. The van der Waals surface area contributed by atoms with Crippen molar-refractivity contribution in [1.82, 2.24) is 4.90 Å². The number of piperidine rings is 1. The maximum atomic E-state index is 12.5. The van der Waals surface area contributed by atoms with Crippen LogP contribution in [0.3, 0.4) is 0 Å². The van der Waals surface area contributed by atoms with Crippen LogP contribution in [0, 0.1) is 19.3 Å². The van der Waals surface area contributed by atoms with E-state index in [1.54, 1.807) is 0 Å². The number of amides is 1. The van der Waals surface area contributed by atoms with Crippen LogP contribution in [0.25, 0.3) is 0 Å². The highest BCUT2D eigenvalue weighted by atomic mass is 16.6. The summed E-state index contributed by atoms with van der Waals surface area (Å²) in [6, 6.07) is 14.2. The van der Waals surface area contributed by atoms with Gasteiger partial charge in [0.2, 0.25) is 0 Å². The van der Waals surface area contributed by atoms with Gasteiger partial charge in [-0.2, -0.15) is 0 Å². The predicted molar refractivity (Wildman–Crippen MR) is 136 cm³/mol. The van der Waals surface area contributed by atoms with Crippen molar-refractivity contribution in [1.29, 1.82) is 0 Å². The minimum atomic E-state index is 0.0875. The van der Waals surface area contributed by atoms with Gasteiger partial charge >= 0.3 is 0 Å². The molecule has 4 rings (SSSR count). The van der Waals surface area contributed by atoms with Crippen LogP contribution in [-0.2, 0) is 16.2 Å². The van der Waals surface area contributed by atoms with Crippen LogP contribution in [0.5, 0.6) is 5.75 Å². The highest BCUT2D eigenvalue weighted by molar-refractivity contribution is 6.00. The summed E-state index contributed by atoms with van der Waals surface area (Å²) < 4.78 is 5.80. The Labute approximate surface area is 204 Å². The number of ether oxygens (including phenoxy) is 1. The van der Waals surface area contributed by atoms with Gasteiger partial charge in [-0.15, -0.1) is 0 Å². The average molecular weight is 463 g/mol. The number of aryl methyl sites for hydroxylation is 2. The fourth-order valence-electron chi connectivity index (χ4n) is 4.55. The summed E-state index contributed by atoms with van der Waals surface area (Å²) in [5.41, 5.74) is 6.21. The third-order valence-electron chi connectivity index (χ3n) is 7.43. The summed E-state index contributed by atoms with van der Waals surface area (Å²) in [5.74, 6) is 0.795. The Bertz CT molecular complexity index is 999. The van der Waals surface area contributed by atoms with Crippen LogP contribution >= 0.6 is 0 Å². The third kappa shape index (κ3) is 6.40. The molecule has 1 aliphatic heterocycles. The maximum Gasteiger partial charge on any atom is 0.260 e. The van der Waals surface area contributed by atoms with Gasteiger partial charge in [0, 0.05) is 13.1 Å². The molecule has 0 bridgehead atoms. The van der Waals surface area contributed by atoms with Gasteiger partial charge in [-0.25, -0.2) is 0 Å². The number of carbonyl (C=O) groups excluding carboxylic acids is 1. The molecule has 1 saturated carbocycles. The number of nitrogens with zero attached hydrogens (tertiary/aromatic N) is 2. The fraction of sp³-hybridized carbons (Fsp3) is 0.517. The number of unbranched alkanes of at least 4 members (excludes halogenated alkanes) is 1. The Morgan fingerprint density at radius 1 is 1.00 bits per heavy atom. The molecule has 2 aromatic rings. The summed E-state index contributed by atoms with van der Waals surface area (Å²) in [6.45, 7) is 8.71. The van der Waals surface area contributed by atoms with Crippen molar-refractivity contribution in [3.63, 3.8) is 0 Å². The van der Waals surface area contributed by atoms with Gasteiger partial charge in [0.1, 0.15) is 12.4 Å². The first-order valence-electron chi connectivity index (χ1n) is 12.7. The second-order valence-electron chi connectivity index (χ2n) is 10.0. The molecule has 34 heavy (non-hydrogen) atoms. The van der Waals surface area contributed by atoms with E-state index in [9.17, 15) is 4.79 Å². The molecule has 1 saturated heterocycles. The summed E-state index contributed by atoms with van der Waals surface area (Å²) in [4.78, 5) is 20.2. The van der Waals surface area contributed by atoms with E-state index in [1.165, 1.54) is 24.0 Å². The summed E-state index contributed by atoms with van der Waals surface area (Å²) in [7, 11) is 0. The zero-order valence-corrected chi connectivity index (χ0v) is 20.9. The largest absolute Gasteiger partial charge is 0.484 e. The van der Waals surface area contributed by atoms with Crippen molar-refractivity contribution in [2.75, 3.05) is 19.7 Å². The lowest BCUT2D eigenvalue weighted by molar-refractivity contribution is -0.134. The number of likely N-dealkylation sites (tertiary alicyclic amines) is 1. The lowest BCUT2D eigenvalue weighted by Gasteiger charge is -2.32. The zero-order valence-electron chi connectivity index (χ0n) is 20.9.